The van der Waals surface area contributed by atoms with E-state index in [2.05, 4.69) is 41.4 Å². The molecule has 0 fully saturated rings. The van der Waals surface area contributed by atoms with Crippen LogP contribution in [0, 0.1) is 11.3 Å². The molecule has 154 valence electrons. The van der Waals surface area contributed by atoms with Gasteiger partial charge in [-0.05, 0) is 78.1 Å². The van der Waals surface area contributed by atoms with Crippen molar-refractivity contribution in [1.29, 1.82) is 5.41 Å². The van der Waals surface area contributed by atoms with Crippen LogP contribution in [0.25, 0.3) is 5.70 Å². The van der Waals surface area contributed by atoms with Gasteiger partial charge in [0, 0.05) is 18.1 Å². The minimum atomic E-state index is 0.366. The van der Waals surface area contributed by atoms with Gasteiger partial charge >= 0.3 is 0 Å². The van der Waals surface area contributed by atoms with Crippen LogP contribution >= 0.6 is 12.2 Å². The molecule has 2 rings (SSSR count). The van der Waals surface area contributed by atoms with Crippen molar-refractivity contribution < 1.29 is 0 Å². The van der Waals surface area contributed by atoms with Crippen LogP contribution in [-0.2, 0) is 6.42 Å². The van der Waals surface area contributed by atoms with E-state index >= 15 is 0 Å². The monoisotopic (exact) mass is 416 g/mol. The van der Waals surface area contributed by atoms with Crippen LogP contribution in [0.1, 0.15) is 37.1 Å². The Hall–Kier alpha value is -3.18. The highest BCUT2D eigenvalue weighted by atomic mass is 32.1. The van der Waals surface area contributed by atoms with Gasteiger partial charge in [0.05, 0.1) is 11.4 Å². The molecule has 2 N–H and O–H groups in total. The second-order valence-electron chi connectivity index (χ2n) is 6.94. The van der Waals surface area contributed by atoms with Crippen molar-refractivity contribution in [3.63, 3.8) is 0 Å². The van der Waals surface area contributed by atoms with Gasteiger partial charge in [0.15, 0.2) is 0 Å². The molecule has 0 amide bonds. The van der Waals surface area contributed by atoms with Crippen LogP contribution in [0.5, 0.6) is 0 Å². The fourth-order valence-electron chi connectivity index (χ4n) is 2.82. The molecule has 1 unspecified atom stereocenters. The maximum atomic E-state index is 7.70. The summed E-state index contributed by atoms with van der Waals surface area (Å²) in [7, 11) is 0. The molecule has 0 spiro atoms. The Morgan fingerprint density at radius 1 is 1.30 bits per heavy atom. The summed E-state index contributed by atoms with van der Waals surface area (Å²) in [5, 5.41) is 11.0. The first-order valence-electron chi connectivity index (χ1n) is 9.84. The molecule has 0 bridgehead atoms. The minimum Gasteiger partial charge on any atom is -0.340 e. The fraction of sp³-hybridized carbons (Fsp3) is 0.200. The van der Waals surface area contributed by atoms with Gasteiger partial charge in [-0.2, -0.15) is 0 Å². The maximum Gasteiger partial charge on any atom is 0.130 e. The molecule has 2 aromatic rings. The Bertz CT molecular complexity index is 974. The number of rotatable bonds is 10. The molecule has 1 aromatic heterocycles. The molecule has 0 radical (unpaired) electrons. The largest absolute Gasteiger partial charge is 0.340 e. The SMILES string of the molecule is C=C/C=C(\N=C(C=C)Nc1ccc(C=N)c(CCC(C)C(C)=S)c1)c1ccccn1. The number of anilines is 1. The number of allylic oxidation sites excluding steroid dienone is 2. The van der Waals surface area contributed by atoms with E-state index in [1.165, 1.54) is 6.21 Å². The first-order valence-corrected chi connectivity index (χ1v) is 10.3. The van der Waals surface area contributed by atoms with E-state index in [1.807, 2.05) is 43.3 Å². The maximum absolute atomic E-state index is 7.70. The van der Waals surface area contributed by atoms with Crippen LogP contribution in [-0.4, -0.2) is 21.9 Å². The summed E-state index contributed by atoms with van der Waals surface area (Å²) >= 11 is 5.29. The van der Waals surface area contributed by atoms with Crippen molar-refractivity contribution in [1.82, 2.24) is 4.98 Å². The average molecular weight is 417 g/mol. The molecule has 4 nitrogen and oxygen atoms in total. The predicted molar refractivity (Wildman–Crippen MR) is 134 cm³/mol. The topological polar surface area (TPSA) is 61.1 Å². The molecule has 0 aliphatic heterocycles. The van der Waals surface area contributed by atoms with E-state index in [0.29, 0.717) is 17.5 Å². The van der Waals surface area contributed by atoms with Crippen LogP contribution in [0.15, 0.2) is 79.0 Å². The van der Waals surface area contributed by atoms with Gasteiger partial charge in [-0.1, -0.05) is 50.5 Å². The number of hydrogen-bond donors (Lipinski definition) is 2. The van der Waals surface area contributed by atoms with Crippen molar-refractivity contribution in [3.05, 3.63) is 90.8 Å². The molecular formula is C25H28N4S. The molecule has 1 atom stereocenters. The number of pyridine rings is 1. The molecule has 0 saturated heterocycles. The molecule has 5 heteroatoms. The highest BCUT2D eigenvalue weighted by Crippen LogP contribution is 2.20. The second-order valence-corrected chi connectivity index (χ2v) is 7.58. The molecular weight excluding hydrogens is 388 g/mol. The summed E-state index contributed by atoms with van der Waals surface area (Å²) in [6, 6.07) is 11.6. The van der Waals surface area contributed by atoms with E-state index < -0.39 is 0 Å². The number of hydrogen-bond acceptors (Lipinski definition) is 4. The van der Waals surface area contributed by atoms with Crippen molar-refractivity contribution in [2.24, 2.45) is 10.9 Å². The highest BCUT2D eigenvalue weighted by molar-refractivity contribution is 7.80. The van der Waals surface area contributed by atoms with Crippen LogP contribution < -0.4 is 5.32 Å². The number of nitrogens with one attached hydrogen (secondary N) is 2. The number of nitrogens with zero attached hydrogens (tertiary/aromatic N) is 2. The summed E-state index contributed by atoms with van der Waals surface area (Å²) in [5.74, 6) is 0.968. The third-order valence-corrected chi connectivity index (χ3v) is 5.15. The molecule has 1 heterocycles. The zero-order valence-corrected chi connectivity index (χ0v) is 18.4. The molecule has 0 saturated carbocycles. The Kier molecular flexibility index (Phi) is 9.03. The molecule has 30 heavy (non-hydrogen) atoms. The summed E-state index contributed by atoms with van der Waals surface area (Å²) in [6.07, 6.45) is 10.1. The predicted octanol–water partition coefficient (Wildman–Crippen LogP) is 6.26. The zero-order chi connectivity index (χ0) is 21.9. The van der Waals surface area contributed by atoms with Crippen LogP contribution in [0.3, 0.4) is 0 Å². The van der Waals surface area contributed by atoms with E-state index in [-0.39, 0.29) is 0 Å². The summed E-state index contributed by atoms with van der Waals surface area (Å²) in [5.41, 5.74) is 4.35. The second kappa shape index (κ2) is 11.7. The Morgan fingerprint density at radius 3 is 2.70 bits per heavy atom. The van der Waals surface area contributed by atoms with Crippen molar-refractivity contribution in [3.8, 4) is 0 Å². The standard InChI is InChI=1S/C25H28N4S/c1-5-9-24(23-10-7-8-15-27-23)29-25(6-2)28-22-14-13-21(17-26)20(16-22)12-11-18(3)19(4)30/h5-10,13-18,26H,1-2,11-12H2,3-4H3,(H,28,29)/b24-9-,26-17?. The number of benzene rings is 1. The highest BCUT2D eigenvalue weighted by Gasteiger charge is 2.09. The first-order chi connectivity index (χ1) is 14.5. The lowest BCUT2D eigenvalue weighted by Gasteiger charge is -2.14. The number of amidine groups is 1. The molecule has 1 aromatic carbocycles. The lowest BCUT2D eigenvalue weighted by Crippen LogP contribution is -2.10. The van der Waals surface area contributed by atoms with Gasteiger partial charge in [-0.3, -0.25) is 4.98 Å². The number of aryl methyl sites for hydroxylation is 1. The zero-order valence-electron chi connectivity index (χ0n) is 17.6. The number of thiocarbonyl (C=S) groups is 1. The summed E-state index contributed by atoms with van der Waals surface area (Å²) < 4.78 is 0. The van der Waals surface area contributed by atoms with E-state index in [9.17, 15) is 0 Å². The van der Waals surface area contributed by atoms with E-state index in [4.69, 9.17) is 17.6 Å². The van der Waals surface area contributed by atoms with Gasteiger partial charge in [-0.25, -0.2) is 4.99 Å². The van der Waals surface area contributed by atoms with Crippen molar-refractivity contribution >= 4 is 40.5 Å². The van der Waals surface area contributed by atoms with Gasteiger partial charge in [0.2, 0.25) is 0 Å². The van der Waals surface area contributed by atoms with E-state index in [0.717, 1.165) is 40.2 Å². The third kappa shape index (κ3) is 6.71. The normalized spacial score (nSPS) is 12.7. The Balaban J connectivity index is 2.28. The van der Waals surface area contributed by atoms with Crippen LogP contribution in [0.4, 0.5) is 5.69 Å². The minimum absolute atomic E-state index is 0.366. The first kappa shape index (κ1) is 23.1. The number of aliphatic imine (C=N–C) groups is 1. The van der Waals surface area contributed by atoms with Gasteiger partial charge in [-0.15, -0.1) is 0 Å². The van der Waals surface area contributed by atoms with E-state index in [1.54, 1.807) is 18.3 Å². The third-order valence-electron chi connectivity index (χ3n) is 4.75. The molecule has 0 aliphatic carbocycles. The summed E-state index contributed by atoms with van der Waals surface area (Å²) in [4.78, 5) is 10.0. The lowest BCUT2D eigenvalue weighted by atomic mass is 9.96. The quantitative estimate of drug-likeness (QED) is 0.208. The summed E-state index contributed by atoms with van der Waals surface area (Å²) in [6.45, 7) is 11.8. The van der Waals surface area contributed by atoms with Gasteiger partial charge in [0.25, 0.3) is 0 Å². The van der Waals surface area contributed by atoms with Crippen molar-refractivity contribution in [2.75, 3.05) is 5.32 Å². The lowest BCUT2D eigenvalue weighted by molar-refractivity contribution is 0.687. The number of aromatic nitrogens is 1. The Labute approximate surface area is 184 Å². The Morgan fingerprint density at radius 2 is 2.10 bits per heavy atom. The average Bonchev–Trinajstić information content (AvgIpc) is 2.77. The van der Waals surface area contributed by atoms with Gasteiger partial charge in [0.1, 0.15) is 5.84 Å². The van der Waals surface area contributed by atoms with Crippen LogP contribution in [0.2, 0.25) is 0 Å². The fourth-order valence-corrected chi connectivity index (χ4v) is 2.94. The smallest absolute Gasteiger partial charge is 0.130 e. The molecule has 0 aliphatic rings. The van der Waals surface area contributed by atoms with Crippen molar-refractivity contribution in [2.45, 2.75) is 26.7 Å². The van der Waals surface area contributed by atoms with Gasteiger partial charge < -0.3 is 10.7 Å².